The van der Waals surface area contributed by atoms with Gasteiger partial charge in [0.2, 0.25) is 0 Å². The fraction of sp³-hybridized carbons (Fsp3) is 0.667. The molecule has 1 aliphatic carbocycles. The standard InChI is InChI=1S/C9H9Cl2NO5/c10-9(11)5(13)2-8(9)1-4(6(14)15)12(3-8)7(16)17/h4H,1-3H2,(H,14,15)(H,16,17). The van der Waals surface area contributed by atoms with Gasteiger partial charge in [-0.1, -0.05) is 23.2 Å². The van der Waals surface area contributed by atoms with Crippen molar-refractivity contribution in [3.05, 3.63) is 0 Å². The van der Waals surface area contributed by atoms with Gasteiger partial charge in [0.25, 0.3) is 0 Å². The molecule has 0 aromatic heterocycles. The normalized spacial score (nSPS) is 34.8. The van der Waals surface area contributed by atoms with Crippen LogP contribution >= 0.6 is 23.2 Å². The van der Waals surface area contributed by atoms with Crippen molar-refractivity contribution in [3.63, 3.8) is 0 Å². The molecule has 2 unspecified atom stereocenters. The third kappa shape index (κ3) is 1.51. The largest absolute Gasteiger partial charge is 0.480 e. The monoisotopic (exact) mass is 281 g/mol. The van der Waals surface area contributed by atoms with E-state index >= 15 is 0 Å². The van der Waals surface area contributed by atoms with Crippen molar-refractivity contribution in [2.45, 2.75) is 23.2 Å². The molecule has 0 bridgehead atoms. The SMILES string of the molecule is O=C(O)C1CC2(CC(=O)C2(Cl)Cl)CN1C(=O)O. The number of carboxylic acid groups (broad SMARTS) is 2. The summed E-state index contributed by atoms with van der Waals surface area (Å²) in [4.78, 5) is 34.0. The molecule has 1 aliphatic heterocycles. The van der Waals surface area contributed by atoms with Gasteiger partial charge < -0.3 is 10.2 Å². The molecule has 2 atom stereocenters. The fourth-order valence-electron chi connectivity index (χ4n) is 2.48. The average Bonchev–Trinajstić information content (AvgIpc) is 2.61. The van der Waals surface area contributed by atoms with Crippen molar-refractivity contribution in [1.82, 2.24) is 4.90 Å². The zero-order valence-electron chi connectivity index (χ0n) is 8.52. The molecule has 8 heteroatoms. The van der Waals surface area contributed by atoms with Gasteiger partial charge in [0.1, 0.15) is 6.04 Å². The number of hydrogen-bond donors (Lipinski definition) is 2. The van der Waals surface area contributed by atoms with Gasteiger partial charge in [0, 0.05) is 18.4 Å². The maximum Gasteiger partial charge on any atom is 0.408 e. The zero-order valence-corrected chi connectivity index (χ0v) is 10.0. The van der Waals surface area contributed by atoms with Crippen LogP contribution in [0.15, 0.2) is 0 Å². The van der Waals surface area contributed by atoms with Crippen molar-refractivity contribution in [1.29, 1.82) is 0 Å². The van der Waals surface area contributed by atoms with Crippen LogP contribution in [0, 0.1) is 5.41 Å². The quantitative estimate of drug-likeness (QED) is 0.698. The van der Waals surface area contributed by atoms with Crippen LogP contribution in [0.25, 0.3) is 0 Å². The molecule has 2 N–H and O–H groups in total. The summed E-state index contributed by atoms with van der Waals surface area (Å²) in [5, 5.41) is 17.9. The van der Waals surface area contributed by atoms with E-state index in [0.717, 1.165) is 4.90 Å². The van der Waals surface area contributed by atoms with Gasteiger partial charge in [-0.3, -0.25) is 9.69 Å². The number of aliphatic carboxylic acids is 1. The molecule has 0 aromatic rings. The van der Waals surface area contributed by atoms with Crippen LogP contribution in [-0.4, -0.2) is 49.9 Å². The molecule has 1 saturated heterocycles. The van der Waals surface area contributed by atoms with Crippen LogP contribution in [0.1, 0.15) is 12.8 Å². The first-order valence-electron chi connectivity index (χ1n) is 4.85. The average molecular weight is 282 g/mol. The van der Waals surface area contributed by atoms with Crippen LogP contribution in [0.3, 0.4) is 0 Å². The molecular formula is C9H9Cl2NO5. The summed E-state index contributed by atoms with van der Waals surface area (Å²) in [7, 11) is 0. The second-order valence-corrected chi connectivity index (χ2v) is 5.75. The van der Waals surface area contributed by atoms with E-state index in [0.29, 0.717) is 0 Å². The summed E-state index contributed by atoms with van der Waals surface area (Å²) < 4.78 is -1.68. The Hall–Kier alpha value is -1.01. The smallest absolute Gasteiger partial charge is 0.408 e. The zero-order chi connectivity index (χ0) is 13.0. The number of halogens is 2. The van der Waals surface area contributed by atoms with E-state index in [9.17, 15) is 14.4 Å². The minimum absolute atomic E-state index is 0.0214. The second kappa shape index (κ2) is 3.49. The number of amides is 1. The van der Waals surface area contributed by atoms with Crippen LogP contribution in [0.5, 0.6) is 0 Å². The molecule has 1 amide bonds. The van der Waals surface area contributed by atoms with E-state index < -0.39 is 33.6 Å². The van der Waals surface area contributed by atoms with E-state index in [1.165, 1.54) is 0 Å². The first-order chi connectivity index (χ1) is 7.71. The summed E-state index contributed by atoms with van der Waals surface area (Å²) in [5.74, 6) is -1.65. The second-order valence-electron chi connectivity index (χ2n) is 4.42. The van der Waals surface area contributed by atoms with Crippen molar-refractivity contribution < 1.29 is 24.6 Å². The number of Topliss-reactive ketones (excluding diaryl/α,β-unsaturated/α-hetero) is 1. The number of carbonyl (C=O) groups excluding carboxylic acids is 1. The minimum Gasteiger partial charge on any atom is -0.480 e. The number of nitrogens with zero attached hydrogens (tertiary/aromatic N) is 1. The van der Waals surface area contributed by atoms with Crippen molar-refractivity contribution in [3.8, 4) is 0 Å². The Balaban J connectivity index is 2.30. The third-order valence-corrected chi connectivity index (χ3v) is 4.70. The van der Waals surface area contributed by atoms with Crippen LogP contribution < -0.4 is 0 Å². The van der Waals surface area contributed by atoms with Crippen LogP contribution in [-0.2, 0) is 9.59 Å². The minimum atomic E-state index is -1.68. The number of carbonyl (C=O) groups is 3. The molecule has 2 fully saturated rings. The molecule has 94 valence electrons. The van der Waals surface area contributed by atoms with Gasteiger partial charge in [-0.2, -0.15) is 0 Å². The number of alkyl halides is 2. The summed E-state index contributed by atoms with van der Waals surface area (Å²) in [5.41, 5.74) is -0.964. The highest BCUT2D eigenvalue weighted by molar-refractivity contribution is 6.61. The van der Waals surface area contributed by atoms with E-state index in [1.807, 2.05) is 0 Å². The molecule has 2 rings (SSSR count). The molecule has 1 spiro atoms. The molecule has 2 aliphatic rings. The summed E-state index contributed by atoms with van der Waals surface area (Å²) in [6.45, 7) is -0.127. The van der Waals surface area contributed by atoms with Crippen molar-refractivity contribution in [2.24, 2.45) is 5.41 Å². The summed E-state index contributed by atoms with van der Waals surface area (Å²) in [6.07, 6.45) is -1.36. The first-order valence-corrected chi connectivity index (χ1v) is 5.60. The molecule has 0 radical (unpaired) electrons. The molecule has 1 saturated carbocycles. The maximum atomic E-state index is 11.3. The molecule has 0 aromatic carbocycles. The number of hydrogen-bond acceptors (Lipinski definition) is 3. The van der Waals surface area contributed by atoms with E-state index in [1.54, 1.807) is 0 Å². The Bertz CT molecular complexity index is 400. The van der Waals surface area contributed by atoms with Gasteiger partial charge in [-0.15, -0.1) is 0 Å². The molecular weight excluding hydrogens is 273 g/mol. The van der Waals surface area contributed by atoms with E-state index in [-0.39, 0.29) is 19.4 Å². The van der Waals surface area contributed by atoms with Crippen LogP contribution in [0.4, 0.5) is 4.79 Å². The third-order valence-electron chi connectivity index (χ3n) is 3.48. The van der Waals surface area contributed by atoms with Gasteiger partial charge in [-0.25, -0.2) is 9.59 Å². The van der Waals surface area contributed by atoms with Crippen LogP contribution in [0.2, 0.25) is 0 Å². The number of carboxylic acids is 1. The van der Waals surface area contributed by atoms with Gasteiger partial charge >= 0.3 is 12.1 Å². The number of rotatable bonds is 1. The number of likely N-dealkylation sites (tertiary alicyclic amines) is 1. The maximum absolute atomic E-state index is 11.3. The lowest BCUT2D eigenvalue weighted by molar-refractivity contribution is -0.142. The Morgan fingerprint density at radius 1 is 1.35 bits per heavy atom. The predicted molar refractivity (Wildman–Crippen MR) is 57.3 cm³/mol. The van der Waals surface area contributed by atoms with Crippen molar-refractivity contribution >= 4 is 41.0 Å². The molecule has 17 heavy (non-hydrogen) atoms. The lowest BCUT2D eigenvalue weighted by atomic mass is 9.65. The summed E-state index contributed by atoms with van der Waals surface area (Å²) >= 11 is 11.7. The highest BCUT2D eigenvalue weighted by Gasteiger charge is 2.69. The Morgan fingerprint density at radius 3 is 2.24 bits per heavy atom. The van der Waals surface area contributed by atoms with Gasteiger partial charge in [-0.05, 0) is 6.42 Å². The predicted octanol–water partition coefficient (Wildman–Crippen LogP) is 0.956. The van der Waals surface area contributed by atoms with Gasteiger partial charge in [0.05, 0.1) is 0 Å². The topological polar surface area (TPSA) is 94.9 Å². The Labute approximate surface area is 106 Å². The fourth-order valence-corrected chi connectivity index (χ4v) is 3.02. The van der Waals surface area contributed by atoms with Gasteiger partial charge in [0.15, 0.2) is 10.1 Å². The highest BCUT2D eigenvalue weighted by Crippen LogP contribution is 2.60. The lowest BCUT2D eigenvalue weighted by Gasteiger charge is -2.47. The Kier molecular flexibility index (Phi) is 2.56. The lowest BCUT2D eigenvalue weighted by Crippen LogP contribution is -2.59. The first kappa shape index (κ1) is 12.4. The molecule has 6 nitrogen and oxygen atoms in total. The molecule has 1 heterocycles. The van der Waals surface area contributed by atoms with E-state index in [2.05, 4.69) is 0 Å². The van der Waals surface area contributed by atoms with Crippen molar-refractivity contribution in [2.75, 3.05) is 6.54 Å². The number of ketones is 1. The van der Waals surface area contributed by atoms with E-state index in [4.69, 9.17) is 33.4 Å². The summed E-state index contributed by atoms with van der Waals surface area (Å²) in [6, 6.07) is -1.20. The Morgan fingerprint density at radius 2 is 1.94 bits per heavy atom. The highest BCUT2D eigenvalue weighted by atomic mass is 35.5.